The van der Waals surface area contributed by atoms with Crippen molar-refractivity contribution in [3.05, 3.63) is 58.6 Å². The van der Waals surface area contributed by atoms with Crippen LogP contribution in [-0.4, -0.2) is 24.9 Å². The highest BCUT2D eigenvalue weighted by atomic mass is 35.5. The van der Waals surface area contributed by atoms with E-state index in [-0.39, 0.29) is 17.7 Å². The fourth-order valence-corrected chi connectivity index (χ4v) is 3.90. The van der Waals surface area contributed by atoms with Crippen molar-refractivity contribution in [1.82, 2.24) is 5.32 Å². The number of carbonyl (C=O) groups excluding carboxylic acids is 2. The fourth-order valence-electron chi connectivity index (χ4n) is 3.70. The Kier molecular flexibility index (Phi) is 6.05. The molecule has 1 saturated heterocycles. The third kappa shape index (κ3) is 4.91. The van der Waals surface area contributed by atoms with Gasteiger partial charge < -0.3 is 15.5 Å². The molecule has 0 unspecified atom stereocenters. The lowest BCUT2D eigenvalue weighted by Crippen LogP contribution is -2.33. The summed E-state index contributed by atoms with van der Waals surface area (Å²) in [6, 6.07) is 13.1. The van der Waals surface area contributed by atoms with Crippen molar-refractivity contribution in [2.75, 3.05) is 23.3 Å². The van der Waals surface area contributed by atoms with Gasteiger partial charge in [0.05, 0.1) is 11.3 Å². The number of carbonyl (C=O) groups is 2. The van der Waals surface area contributed by atoms with Crippen LogP contribution < -0.4 is 15.5 Å². The highest BCUT2D eigenvalue weighted by Crippen LogP contribution is 2.32. The van der Waals surface area contributed by atoms with Crippen LogP contribution in [0.3, 0.4) is 0 Å². The summed E-state index contributed by atoms with van der Waals surface area (Å²) in [7, 11) is 0. The number of piperidine rings is 1. The first kappa shape index (κ1) is 19.8. The van der Waals surface area contributed by atoms with Gasteiger partial charge in [0, 0.05) is 36.3 Å². The van der Waals surface area contributed by atoms with Crippen LogP contribution in [0.4, 0.5) is 11.4 Å². The average molecular weight is 412 g/mol. The molecule has 0 atom stereocenters. The van der Waals surface area contributed by atoms with Gasteiger partial charge in [-0.2, -0.15) is 0 Å². The third-order valence-electron chi connectivity index (χ3n) is 5.55. The van der Waals surface area contributed by atoms with Gasteiger partial charge in [0.15, 0.2) is 0 Å². The van der Waals surface area contributed by atoms with Crippen LogP contribution >= 0.6 is 11.6 Å². The lowest BCUT2D eigenvalue weighted by Gasteiger charge is -2.30. The number of halogens is 1. The zero-order valence-corrected chi connectivity index (χ0v) is 17.2. The second-order valence-electron chi connectivity index (χ2n) is 7.82. The van der Waals surface area contributed by atoms with E-state index in [1.807, 2.05) is 42.5 Å². The summed E-state index contributed by atoms with van der Waals surface area (Å²) in [6.07, 6.45) is 5.36. The summed E-state index contributed by atoms with van der Waals surface area (Å²) in [6.45, 7) is 2.22. The Bertz CT molecular complexity index is 905. The number of hydrogen-bond acceptors (Lipinski definition) is 3. The Morgan fingerprint density at radius 3 is 2.52 bits per heavy atom. The second-order valence-corrected chi connectivity index (χ2v) is 8.22. The van der Waals surface area contributed by atoms with Crippen LogP contribution in [0.15, 0.2) is 42.5 Å². The van der Waals surface area contributed by atoms with Gasteiger partial charge in [-0.15, -0.1) is 0 Å². The molecule has 2 amide bonds. The molecule has 0 bridgehead atoms. The van der Waals surface area contributed by atoms with Crippen LogP contribution in [0.5, 0.6) is 0 Å². The summed E-state index contributed by atoms with van der Waals surface area (Å²) in [4.78, 5) is 27.4. The number of nitrogens with zero attached hydrogens (tertiary/aromatic N) is 1. The minimum absolute atomic E-state index is 0.0746. The zero-order valence-electron chi connectivity index (χ0n) is 16.4. The van der Waals surface area contributed by atoms with Crippen LogP contribution in [0, 0.1) is 5.92 Å². The molecule has 2 fully saturated rings. The third-order valence-corrected chi connectivity index (χ3v) is 5.92. The van der Waals surface area contributed by atoms with E-state index >= 15 is 0 Å². The van der Waals surface area contributed by atoms with Gasteiger partial charge in [-0.3, -0.25) is 9.59 Å². The second kappa shape index (κ2) is 8.87. The highest BCUT2D eigenvalue weighted by molar-refractivity contribution is 6.31. The number of anilines is 2. The Morgan fingerprint density at radius 1 is 1.03 bits per heavy atom. The Balaban J connectivity index is 1.54. The lowest BCUT2D eigenvalue weighted by atomic mass is 10.1. The molecule has 2 aromatic rings. The molecular weight excluding hydrogens is 386 g/mol. The van der Waals surface area contributed by atoms with Crippen molar-refractivity contribution < 1.29 is 9.59 Å². The molecule has 0 aromatic heterocycles. The summed E-state index contributed by atoms with van der Waals surface area (Å²) < 4.78 is 0. The summed E-state index contributed by atoms with van der Waals surface area (Å²) >= 11 is 6.21. The van der Waals surface area contributed by atoms with E-state index in [1.54, 1.807) is 0 Å². The molecule has 1 aliphatic heterocycles. The maximum atomic E-state index is 13.0. The predicted octanol–water partition coefficient (Wildman–Crippen LogP) is 4.61. The van der Waals surface area contributed by atoms with Crippen LogP contribution in [-0.2, 0) is 11.3 Å². The number of benzene rings is 2. The van der Waals surface area contributed by atoms with E-state index < -0.39 is 0 Å². The summed E-state index contributed by atoms with van der Waals surface area (Å²) in [5.74, 6) is 0.0862. The van der Waals surface area contributed by atoms with Crippen LogP contribution in [0.25, 0.3) is 0 Å². The van der Waals surface area contributed by atoms with Gasteiger partial charge in [-0.1, -0.05) is 29.8 Å². The molecule has 6 heteroatoms. The van der Waals surface area contributed by atoms with Crippen molar-refractivity contribution in [2.24, 2.45) is 5.92 Å². The van der Waals surface area contributed by atoms with Crippen molar-refractivity contribution in [3.63, 3.8) is 0 Å². The van der Waals surface area contributed by atoms with Crippen molar-refractivity contribution in [3.8, 4) is 0 Å². The standard InChI is InChI=1S/C23H26ClN3O2/c24-20-7-3-2-6-17(20)15-25-23(29)19-11-10-18(26-22(28)16-8-9-16)14-21(19)27-12-4-1-5-13-27/h2-3,6-7,10-11,14,16H,1,4-5,8-9,12-13,15H2,(H,25,29)(H,26,28). The largest absolute Gasteiger partial charge is 0.371 e. The SMILES string of the molecule is O=C(NCc1ccccc1Cl)c1ccc(NC(=O)C2CC2)cc1N1CCCCC1. The van der Waals surface area contributed by atoms with E-state index in [4.69, 9.17) is 11.6 Å². The van der Waals surface area contributed by atoms with Gasteiger partial charge in [0.25, 0.3) is 5.91 Å². The van der Waals surface area contributed by atoms with E-state index in [2.05, 4.69) is 15.5 Å². The topological polar surface area (TPSA) is 61.4 Å². The van der Waals surface area contributed by atoms with Gasteiger partial charge in [-0.25, -0.2) is 0 Å². The van der Waals surface area contributed by atoms with Crippen LogP contribution in [0.2, 0.25) is 5.02 Å². The monoisotopic (exact) mass is 411 g/mol. The molecule has 2 N–H and O–H groups in total. The first-order valence-corrected chi connectivity index (χ1v) is 10.7. The number of nitrogens with one attached hydrogen (secondary N) is 2. The summed E-state index contributed by atoms with van der Waals surface area (Å²) in [5, 5.41) is 6.63. The number of amides is 2. The molecular formula is C23H26ClN3O2. The van der Waals surface area contributed by atoms with E-state index in [9.17, 15) is 9.59 Å². The first-order valence-electron chi connectivity index (χ1n) is 10.3. The molecule has 5 nitrogen and oxygen atoms in total. The first-order chi connectivity index (χ1) is 14.1. The Hall–Kier alpha value is -2.53. The molecule has 2 aromatic carbocycles. The van der Waals surface area contributed by atoms with Crippen molar-refractivity contribution in [2.45, 2.75) is 38.6 Å². The van der Waals surface area contributed by atoms with Crippen molar-refractivity contribution in [1.29, 1.82) is 0 Å². The number of rotatable bonds is 6. The molecule has 1 heterocycles. The fraction of sp³-hybridized carbons (Fsp3) is 0.391. The molecule has 1 saturated carbocycles. The van der Waals surface area contributed by atoms with Crippen LogP contribution in [0.1, 0.15) is 48.0 Å². The Morgan fingerprint density at radius 2 is 1.79 bits per heavy atom. The average Bonchev–Trinajstić information content (AvgIpc) is 3.59. The zero-order chi connectivity index (χ0) is 20.2. The van der Waals surface area contributed by atoms with E-state index in [0.29, 0.717) is 17.1 Å². The van der Waals surface area contributed by atoms with E-state index in [0.717, 1.165) is 55.7 Å². The maximum Gasteiger partial charge on any atom is 0.253 e. The highest BCUT2D eigenvalue weighted by Gasteiger charge is 2.30. The molecule has 29 heavy (non-hydrogen) atoms. The number of hydrogen-bond donors (Lipinski definition) is 2. The minimum atomic E-state index is -0.134. The van der Waals surface area contributed by atoms with E-state index in [1.165, 1.54) is 6.42 Å². The molecule has 0 spiro atoms. The predicted molar refractivity (Wildman–Crippen MR) is 116 cm³/mol. The lowest BCUT2D eigenvalue weighted by molar-refractivity contribution is -0.117. The smallest absolute Gasteiger partial charge is 0.253 e. The Labute approximate surface area is 176 Å². The normalized spacial score (nSPS) is 16.4. The molecule has 2 aliphatic rings. The van der Waals surface area contributed by atoms with Gasteiger partial charge in [0.1, 0.15) is 0 Å². The molecule has 152 valence electrons. The molecule has 1 aliphatic carbocycles. The summed E-state index contributed by atoms with van der Waals surface area (Å²) in [5.41, 5.74) is 3.15. The minimum Gasteiger partial charge on any atom is -0.371 e. The maximum absolute atomic E-state index is 13.0. The van der Waals surface area contributed by atoms with Gasteiger partial charge in [0.2, 0.25) is 5.91 Å². The quantitative estimate of drug-likeness (QED) is 0.729. The van der Waals surface area contributed by atoms with Gasteiger partial charge in [-0.05, 0) is 61.9 Å². The van der Waals surface area contributed by atoms with Crippen molar-refractivity contribution >= 4 is 34.8 Å². The van der Waals surface area contributed by atoms with Gasteiger partial charge >= 0.3 is 0 Å². The molecule has 4 rings (SSSR count). The molecule has 0 radical (unpaired) electrons.